The summed E-state index contributed by atoms with van der Waals surface area (Å²) in [6, 6.07) is 26.0. The van der Waals surface area contributed by atoms with Crippen molar-refractivity contribution < 1.29 is 4.79 Å². The molecule has 0 N–H and O–H groups in total. The Balaban J connectivity index is 1.80. The maximum absolute atomic E-state index is 13.0. The predicted octanol–water partition coefficient (Wildman–Crippen LogP) is 5.76. The molecule has 0 radical (unpaired) electrons. The SMILES string of the molecule is CCCC(=O)N(c1ccc(-c2ccccc2)cc1)c1ncnc2ccccc12. The first-order valence-corrected chi connectivity index (χ1v) is 9.46. The van der Waals surface area contributed by atoms with E-state index in [9.17, 15) is 4.79 Å². The van der Waals surface area contributed by atoms with Gasteiger partial charge in [-0.1, -0.05) is 61.5 Å². The van der Waals surface area contributed by atoms with Gasteiger partial charge in [0, 0.05) is 11.8 Å². The first kappa shape index (κ1) is 17.9. The lowest BCUT2D eigenvalue weighted by Crippen LogP contribution is -2.26. The zero-order valence-electron chi connectivity index (χ0n) is 15.7. The molecule has 0 aliphatic rings. The molecule has 0 aliphatic carbocycles. The normalized spacial score (nSPS) is 10.8. The number of nitrogens with zero attached hydrogens (tertiary/aromatic N) is 3. The molecule has 1 heterocycles. The lowest BCUT2D eigenvalue weighted by Gasteiger charge is -2.23. The van der Waals surface area contributed by atoms with Crippen molar-refractivity contribution in [3.05, 3.63) is 85.2 Å². The third kappa shape index (κ3) is 3.49. The van der Waals surface area contributed by atoms with Crippen LogP contribution in [0, 0.1) is 0 Å². The zero-order valence-corrected chi connectivity index (χ0v) is 15.7. The second-order valence-corrected chi connectivity index (χ2v) is 6.61. The van der Waals surface area contributed by atoms with E-state index in [1.807, 2.05) is 73.7 Å². The van der Waals surface area contributed by atoms with Crippen LogP contribution >= 0.6 is 0 Å². The molecular formula is C24H21N3O. The highest BCUT2D eigenvalue weighted by molar-refractivity contribution is 6.06. The Morgan fingerprint density at radius 3 is 2.25 bits per heavy atom. The van der Waals surface area contributed by atoms with Crippen LogP contribution in [0.4, 0.5) is 11.5 Å². The molecule has 4 rings (SSSR count). The summed E-state index contributed by atoms with van der Waals surface area (Å²) in [5.41, 5.74) is 3.89. The van der Waals surface area contributed by atoms with E-state index in [2.05, 4.69) is 22.1 Å². The van der Waals surface area contributed by atoms with Crippen molar-refractivity contribution in [1.82, 2.24) is 9.97 Å². The molecule has 1 aromatic heterocycles. The van der Waals surface area contributed by atoms with Crippen molar-refractivity contribution >= 4 is 28.3 Å². The van der Waals surface area contributed by atoms with Crippen LogP contribution in [0.15, 0.2) is 85.2 Å². The van der Waals surface area contributed by atoms with E-state index in [4.69, 9.17) is 0 Å². The number of para-hydroxylation sites is 1. The number of benzene rings is 3. The molecule has 4 heteroatoms. The molecule has 4 nitrogen and oxygen atoms in total. The number of hydrogen-bond donors (Lipinski definition) is 0. The highest BCUT2D eigenvalue weighted by Gasteiger charge is 2.21. The highest BCUT2D eigenvalue weighted by Crippen LogP contribution is 2.32. The summed E-state index contributed by atoms with van der Waals surface area (Å²) in [6.07, 6.45) is 2.75. The van der Waals surface area contributed by atoms with E-state index in [0.717, 1.165) is 34.1 Å². The topological polar surface area (TPSA) is 46.1 Å². The summed E-state index contributed by atoms with van der Waals surface area (Å²) in [5, 5.41) is 0.863. The quantitative estimate of drug-likeness (QED) is 0.450. The summed E-state index contributed by atoms with van der Waals surface area (Å²) < 4.78 is 0. The van der Waals surface area contributed by atoms with Gasteiger partial charge < -0.3 is 0 Å². The van der Waals surface area contributed by atoms with Crippen molar-refractivity contribution in [3.8, 4) is 11.1 Å². The summed E-state index contributed by atoms with van der Waals surface area (Å²) in [6.45, 7) is 2.01. The Hall–Kier alpha value is -3.53. The minimum atomic E-state index is 0.0267. The number of rotatable bonds is 5. The fraction of sp³-hybridized carbons (Fsp3) is 0.125. The van der Waals surface area contributed by atoms with Gasteiger partial charge in [-0.05, 0) is 41.8 Å². The third-order valence-electron chi connectivity index (χ3n) is 4.68. The molecule has 0 atom stereocenters. The molecule has 138 valence electrons. The monoisotopic (exact) mass is 367 g/mol. The van der Waals surface area contributed by atoms with E-state index in [1.54, 1.807) is 4.90 Å². The Labute approximate surface area is 164 Å². The van der Waals surface area contributed by atoms with Gasteiger partial charge in [-0.15, -0.1) is 0 Å². The van der Waals surface area contributed by atoms with Crippen LogP contribution < -0.4 is 4.90 Å². The van der Waals surface area contributed by atoms with Crippen molar-refractivity contribution in [1.29, 1.82) is 0 Å². The van der Waals surface area contributed by atoms with Gasteiger partial charge in [0.1, 0.15) is 6.33 Å². The van der Waals surface area contributed by atoms with Crippen molar-refractivity contribution in [2.45, 2.75) is 19.8 Å². The number of anilines is 2. The smallest absolute Gasteiger partial charge is 0.232 e. The number of carbonyl (C=O) groups is 1. The molecule has 4 aromatic rings. The maximum atomic E-state index is 13.0. The third-order valence-corrected chi connectivity index (χ3v) is 4.68. The van der Waals surface area contributed by atoms with Crippen LogP contribution in [0.5, 0.6) is 0 Å². The molecule has 0 bridgehead atoms. The van der Waals surface area contributed by atoms with Crippen LogP contribution in [0.2, 0.25) is 0 Å². The van der Waals surface area contributed by atoms with Crippen LogP contribution in [-0.4, -0.2) is 15.9 Å². The van der Waals surface area contributed by atoms with Crippen LogP contribution in [-0.2, 0) is 4.79 Å². The molecule has 0 aliphatic heterocycles. The molecule has 0 saturated heterocycles. The second-order valence-electron chi connectivity index (χ2n) is 6.61. The van der Waals surface area contributed by atoms with Crippen LogP contribution in [0.3, 0.4) is 0 Å². The van der Waals surface area contributed by atoms with E-state index in [-0.39, 0.29) is 5.91 Å². The molecule has 0 saturated carbocycles. The molecule has 0 spiro atoms. The second kappa shape index (κ2) is 8.01. The van der Waals surface area contributed by atoms with E-state index in [1.165, 1.54) is 6.33 Å². The van der Waals surface area contributed by atoms with Gasteiger partial charge in [0.15, 0.2) is 5.82 Å². The summed E-state index contributed by atoms with van der Waals surface area (Å²) in [5.74, 6) is 0.648. The minimum absolute atomic E-state index is 0.0267. The molecule has 0 fully saturated rings. The van der Waals surface area contributed by atoms with E-state index in [0.29, 0.717) is 12.2 Å². The largest absolute Gasteiger partial charge is 0.274 e. The Morgan fingerprint density at radius 1 is 0.821 bits per heavy atom. The van der Waals surface area contributed by atoms with Gasteiger partial charge in [-0.25, -0.2) is 9.97 Å². The number of fused-ring (bicyclic) bond motifs is 1. The van der Waals surface area contributed by atoms with Gasteiger partial charge in [-0.3, -0.25) is 9.69 Å². The Morgan fingerprint density at radius 2 is 1.50 bits per heavy atom. The zero-order chi connectivity index (χ0) is 19.3. The van der Waals surface area contributed by atoms with Gasteiger partial charge >= 0.3 is 0 Å². The van der Waals surface area contributed by atoms with Crippen LogP contribution in [0.1, 0.15) is 19.8 Å². The summed E-state index contributed by atoms with van der Waals surface area (Å²) in [4.78, 5) is 23.5. The fourth-order valence-corrected chi connectivity index (χ4v) is 3.31. The van der Waals surface area contributed by atoms with Crippen molar-refractivity contribution in [2.75, 3.05) is 4.90 Å². The number of carbonyl (C=O) groups excluding carboxylic acids is 1. The van der Waals surface area contributed by atoms with E-state index >= 15 is 0 Å². The Bertz CT molecular complexity index is 1090. The molecule has 28 heavy (non-hydrogen) atoms. The van der Waals surface area contributed by atoms with Gasteiger partial charge in [0.25, 0.3) is 0 Å². The minimum Gasteiger partial charge on any atom is -0.274 e. The highest BCUT2D eigenvalue weighted by atomic mass is 16.2. The van der Waals surface area contributed by atoms with Gasteiger partial charge in [-0.2, -0.15) is 0 Å². The fourth-order valence-electron chi connectivity index (χ4n) is 3.31. The standard InChI is InChI=1S/C24H21N3O/c1-2-8-23(28)27(24-21-11-6-7-12-22(21)25-17-26-24)20-15-13-19(14-16-20)18-9-4-3-5-10-18/h3-7,9-17H,2,8H2,1H3. The number of hydrogen-bond acceptors (Lipinski definition) is 3. The molecule has 0 unspecified atom stereocenters. The van der Waals surface area contributed by atoms with Gasteiger partial charge in [0.05, 0.1) is 11.2 Å². The van der Waals surface area contributed by atoms with Crippen molar-refractivity contribution in [2.24, 2.45) is 0 Å². The average molecular weight is 367 g/mol. The lowest BCUT2D eigenvalue weighted by molar-refractivity contribution is -0.117. The maximum Gasteiger partial charge on any atom is 0.232 e. The molecule has 1 amide bonds. The number of aromatic nitrogens is 2. The first-order valence-electron chi connectivity index (χ1n) is 9.46. The lowest BCUT2D eigenvalue weighted by atomic mass is 10.1. The van der Waals surface area contributed by atoms with Gasteiger partial charge in [0.2, 0.25) is 5.91 Å². The average Bonchev–Trinajstić information content (AvgIpc) is 2.75. The van der Waals surface area contributed by atoms with Crippen molar-refractivity contribution in [3.63, 3.8) is 0 Å². The van der Waals surface area contributed by atoms with E-state index < -0.39 is 0 Å². The first-order chi connectivity index (χ1) is 13.8. The Kier molecular flexibility index (Phi) is 5.11. The van der Waals surface area contributed by atoms with Crippen LogP contribution in [0.25, 0.3) is 22.0 Å². The predicted molar refractivity (Wildman–Crippen MR) is 113 cm³/mol. The molecular weight excluding hydrogens is 346 g/mol. The summed E-state index contributed by atoms with van der Waals surface area (Å²) in [7, 11) is 0. The molecule has 3 aromatic carbocycles. The number of amides is 1. The summed E-state index contributed by atoms with van der Waals surface area (Å²) >= 11 is 0.